The number of ether oxygens (including phenoxy) is 2. The summed E-state index contributed by atoms with van der Waals surface area (Å²) in [5.74, 6) is -3.48. The molecule has 0 bridgehead atoms. The summed E-state index contributed by atoms with van der Waals surface area (Å²) in [5, 5.41) is 26.8. The molecule has 0 saturated carbocycles. The van der Waals surface area contributed by atoms with E-state index >= 15 is 0 Å². The second-order valence-corrected chi connectivity index (χ2v) is 6.65. The minimum absolute atomic E-state index is 0.0331. The number of hydrazine groups is 1. The van der Waals surface area contributed by atoms with Gasteiger partial charge in [-0.3, -0.25) is 36.2 Å². The minimum atomic E-state index is -0.840. The third kappa shape index (κ3) is 5.62. The molecule has 0 fully saturated rings. The van der Waals surface area contributed by atoms with Crippen LogP contribution in [0.2, 0.25) is 0 Å². The molecule has 0 saturated heterocycles. The van der Waals surface area contributed by atoms with Crippen LogP contribution in [0.4, 0.5) is 4.39 Å². The predicted molar refractivity (Wildman–Crippen MR) is 114 cm³/mol. The van der Waals surface area contributed by atoms with Gasteiger partial charge in [0.1, 0.15) is 23.6 Å². The lowest BCUT2D eigenvalue weighted by molar-refractivity contribution is -0.125. The van der Waals surface area contributed by atoms with Crippen LogP contribution in [0.15, 0.2) is 42.6 Å². The summed E-state index contributed by atoms with van der Waals surface area (Å²) >= 11 is 0. The molecular weight excluding hydrogens is 435 g/mol. The van der Waals surface area contributed by atoms with Crippen molar-refractivity contribution in [3.63, 3.8) is 0 Å². The van der Waals surface area contributed by atoms with Crippen LogP contribution >= 0.6 is 0 Å². The monoisotopic (exact) mass is 454 g/mol. The summed E-state index contributed by atoms with van der Waals surface area (Å²) in [6.07, 6.45) is 1.32. The highest BCUT2D eigenvalue weighted by molar-refractivity contribution is 6.10. The SMILES string of the molecule is COCC(=O)NNC(=O)c1nc(C(=N)OC(=N)Cc2ccc(F)cc2)c(O)c2ncccc12. The van der Waals surface area contributed by atoms with Gasteiger partial charge in [-0.15, -0.1) is 0 Å². The van der Waals surface area contributed by atoms with E-state index in [0.29, 0.717) is 5.56 Å². The molecule has 12 heteroatoms. The number of methoxy groups -OCH3 is 1. The number of amides is 2. The van der Waals surface area contributed by atoms with Crippen molar-refractivity contribution in [3.8, 4) is 5.75 Å². The Bertz CT molecular complexity index is 1230. The number of halogens is 1. The fraction of sp³-hybridized carbons (Fsp3) is 0.143. The summed E-state index contributed by atoms with van der Waals surface area (Å²) in [6.45, 7) is -0.286. The van der Waals surface area contributed by atoms with Gasteiger partial charge in [-0.25, -0.2) is 9.37 Å². The zero-order valence-corrected chi connectivity index (χ0v) is 17.3. The van der Waals surface area contributed by atoms with Crippen molar-refractivity contribution in [1.82, 2.24) is 20.8 Å². The zero-order chi connectivity index (χ0) is 24.0. The van der Waals surface area contributed by atoms with Crippen molar-refractivity contribution in [1.29, 1.82) is 10.8 Å². The Morgan fingerprint density at radius 2 is 1.85 bits per heavy atom. The van der Waals surface area contributed by atoms with Crippen LogP contribution in [0.3, 0.4) is 0 Å². The number of nitrogens with one attached hydrogen (secondary N) is 4. The molecule has 33 heavy (non-hydrogen) atoms. The number of aromatic nitrogens is 2. The van der Waals surface area contributed by atoms with Crippen LogP contribution in [-0.2, 0) is 20.7 Å². The number of carbonyl (C=O) groups excluding carboxylic acids is 2. The second-order valence-electron chi connectivity index (χ2n) is 6.65. The standard InChI is InChI=1S/C21H19FN6O5/c1-32-10-15(29)27-28-21(31)17-13-3-2-8-25-16(13)19(30)18(26-17)20(24)33-14(23)9-11-4-6-12(22)7-5-11/h2-8,23-24,30H,9-10H2,1H3,(H,27,29)(H,28,31). The van der Waals surface area contributed by atoms with E-state index in [9.17, 15) is 19.1 Å². The number of aromatic hydroxyl groups is 1. The van der Waals surface area contributed by atoms with Crippen molar-refractivity contribution < 1.29 is 28.6 Å². The third-order valence-corrected chi connectivity index (χ3v) is 4.26. The number of benzene rings is 1. The fourth-order valence-corrected chi connectivity index (χ4v) is 2.80. The lowest BCUT2D eigenvalue weighted by Gasteiger charge is -2.13. The van der Waals surface area contributed by atoms with E-state index < -0.39 is 35.0 Å². The first-order valence-electron chi connectivity index (χ1n) is 9.44. The van der Waals surface area contributed by atoms with Gasteiger partial charge >= 0.3 is 0 Å². The van der Waals surface area contributed by atoms with E-state index in [0.717, 1.165) is 0 Å². The number of hydrogen-bond acceptors (Lipinski definition) is 9. The van der Waals surface area contributed by atoms with Gasteiger partial charge in [-0.1, -0.05) is 12.1 Å². The summed E-state index contributed by atoms with van der Waals surface area (Å²) in [4.78, 5) is 32.2. The molecule has 3 rings (SSSR count). The third-order valence-electron chi connectivity index (χ3n) is 4.26. The molecular formula is C21H19FN6O5. The number of pyridine rings is 2. The Morgan fingerprint density at radius 3 is 2.55 bits per heavy atom. The van der Waals surface area contributed by atoms with Crippen LogP contribution < -0.4 is 10.9 Å². The quantitative estimate of drug-likeness (QED) is 0.213. The van der Waals surface area contributed by atoms with Crippen LogP contribution in [0, 0.1) is 16.6 Å². The van der Waals surface area contributed by atoms with Crippen LogP contribution in [-0.4, -0.2) is 52.4 Å². The Morgan fingerprint density at radius 1 is 1.12 bits per heavy atom. The van der Waals surface area contributed by atoms with Crippen molar-refractivity contribution in [2.75, 3.05) is 13.7 Å². The van der Waals surface area contributed by atoms with Crippen LogP contribution in [0.25, 0.3) is 10.9 Å². The van der Waals surface area contributed by atoms with Gasteiger partial charge in [-0.2, -0.15) is 0 Å². The Hall–Kier alpha value is -4.45. The minimum Gasteiger partial charge on any atom is -0.504 e. The maximum absolute atomic E-state index is 13.0. The van der Waals surface area contributed by atoms with E-state index in [2.05, 4.69) is 25.6 Å². The van der Waals surface area contributed by atoms with Crippen molar-refractivity contribution >= 4 is 34.5 Å². The van der Waals surface area contributed by atoms with Crippen molar-refractivity contribution in [2.45, 2.75) is 6.42 Å². The summed E-state index contributed by atoms with van der Waals surface area (Å²) in [7, 11) is 1.31. The molecule has 0 aliphatic rings. The highest BCUT2D eigenvalue weighted by Crippen LogP contribution is 2.28. The molecule has 0 unspecified atom stereocenters. The molecule has 3 aromatic rings. The maximum atomic E-state index is 13.0. The zero-order valence-electron chi connectivity index (χ0n) is 17.3. The number of rotatable bonds is 6. The molecule has 0 aliphatic heterocycles. The average Bonchev–Trinajstić information content (AvgIpc) is 2.79. The van der Waals surface area contributed by atoms with E-state index in [-0.39, 0.29) is 35.5 Å². The van der Waals surface area contributed by atoms with E-state index in [1.165, 1.54) is 49.7 Å². The number of hydrogen-bond donors (Lipinski definition) is 5. The van der Waals surface area contributed by atoms with Gasteiger partial charge in [0.05, 0.1) is 0 Å². The fourth-order valence-electron chi connectivity index (χ4n) is 2.80. The van der Waals surface area contributed by atoms with Gasteiger partial charge in [0.25, 0.3) is 11.8 Å². The first kappa shape index (κ1) is 23.2. The number of nitrogens with zero attached hydrogens (tertiary/aromatic N) is 2. The van der Waals surface area contributed by atoms with Gasteiger partial charge in [0.15, 0.2) is 17.3 Å². The number of carbonyl (C=O) groups is 2. The van der Waals surface area contributed by atoms with Gasteiger partial charge in [0.2, 0.25) is 5.90 Å². The predicted octanol–water partition coefficient (Wildman–Crippen LogP) is 1.44. The molecule has 0 spiro atoms. The molecule has 1 aromatic carbocycles. The first-order valence-corrected chi connectivity index (χ1v) is 9.44. The molecule has 2 heterocycles. The van der Waals surface area contributed by atoms with E-state index in [4.69, 9.17) is 15.6 Å². The molecule has 0 atom stereocenters. The Balaban J connectivity index is 1.85. The Kier molecular flexibility index (Phi) is 7.20. The summed E-state index contributed by atoms with van der Waals surface area (Å²) in [6, 6.07) is 8.38. The highest BCUT2D eigenvalue weighted by Gasteiger charge is 2.23. The van der Waals surface area contributed by atoms with E-state index in [1.54, 1.807) is 0 Å². The molecule has 5 N–H and O–H groups in total. The molecule has 11 nitrogen and oxygen atoms in total. The average molecular weight is 454 g/mol. The van der Waals surface area contributed by atoms with Crippen LogP contribution in [0.1, 0.15) is 21.7 Å². The van der Waals surface area contributed by atoms with Gasteiger partial charge in [0, 0.05) is 25.1 Å². The molecule has 2 amide bonds. The molecule has 2 aromatic heterocycles. The highest BCUT2D eigenvalue weighted by atomic mass is 19.1. The normalized spacial score (nSPS) is 10.5. The van der Waals surface area contributed by atoms with Crippen LogP contribution in [0.5, 0.6) is 5.75 Å². The summed E-state index contributed by atoms with van der Waals surface area (Å²) in [5.41, 5.74) is 4.16. The molecule has 0 aliphatic carbocycles. The lowest BCUT2D eigenvalue weighted by atomic mass is 10.1. The van der Waals surface area contributed by atoms with Crippen molar-refractivity contribution in [2.24, 2.45) is 0 Å². The second kappa shape index (κ2) is 10.2. The lowest BCUT2D eigenvalue weighted by Crippen LogP contribution is -2.43. The van der Waals surface area contributed by atoms with E-state index in [1.807, 2.05) is 0 Å². The summed E-state index contributed by atoms with van der Waals surface area (Å²) < 4.78 is 22.9. The molecule has 170 valence electrons. The topological polar surface area (TPSA) is 170 Å². The largest absolute Gasteiger partial charge is 0.504 e. The van der Waals surface area contributed by atoms with Gasteiger partial charge < -0.3 is 14.6 Å². The maximum Gasteiger partial charge on any atom is 0.289 e. The molecule has 0 radical (unpaired) electrons. The Labute approximate surface area is 186 Å². The first-order chi connectivity index (χ1) is 15.8. The van der Waals surface area contributed by atoms with Crippen molar-refractivity contribution in [3.05, 3.63) is 65.4 Å². The number of fused-ring (bicyclic) bond motifs is 1. The smallest absolute Gasteiger partial charge is 0.289 e. The van der Waals surface area contributed by atoms with Gasteiger partial charge in [-0.05, 0) is 29.8 Å².